The van der Waals surface area contributed by atoms with Gasteiger partial charge in [-0.25, -0.2) is 4.98 Å². The molecule has 3 rings (SSSR count). The number of pyridine rings is 1. The molecule has 0 aliphatic heterocycles. The largest absolute Gasteiger partial charge is 0.491 e. The summed E-state index contributed by atoms with van der Waals surface area (Å²) in [5.41, 5.74) is 4.47. The molecular formula is C17H15ClN2OS. The number of nitrogens with zero attached hydrogens (tertiary/aromatic N) is 2. The third kappa shape index (κ3) is 3.46. The lowest BCUT2D eigenvalue weighted by Gasteiger charge is -2.10. The van der Waals surface area contributed by atoms with Gasteiger partial charge in [-0.05, 0) is 50.2 Å². The smallest absolute Gasteiger partial charge is 0.119 e. The first kappa shape index (κ1) is 15.0. The number of hydrogen-bond donors (Lipinski definition) is 0. The Balaban J connectivity index is 1.94. The molecule has 3 nitrogen and oxygen atoms in total. The van der Waals surface area contributed by atoms with Crippen LogP contribution in [0, 0.1) is 0 Å². The fraction of sp³-hybridized carbons (Fsp3) is 0.176. The van der Waals surface area contributed by atoms with E-state index < -0.39 is 0 Å². The summed E-state index contributed by atoms with van der Waals surface area (Å²) in [7, 11) is 0. The molecule has 0 radical (unpaired) electrons. The fourth-order valence-corrected chi connectivity index (χ4v) is 2.88. The molecule has 0 aliphatic carbocycles. The van der Waals surface area contributed by atoms with Crippen molar-refractivity contribution in [3.05, 3.63) is 53.1 Å². The number of thiazole rings is 1. The Morgan fingerprint density at radius 2 is 1.82 bits per heavy atom. The summed E-state index contributed by atoms with van der Waals surface area (Å²) < 4.78 is 5.66. The van der Waals surface area contributed by atoms with Gasteiger partial charge in [0.15, 0.2) is 0 Å². The van der Waals surface area contributed by atoms with E-state index in [2.05, 4.69) is 9.97 Å². The van der Waals surface area contributed by atoms with E-state index in [1.165, 1.54) is 0 Å². The molecule has 3 aromatic rings. The van der Waals surface area contributed by atoms with Gasteiger partial charge in [-0.1, -0.05) is 11.6 Å². The Kier molecular flexibility index (Phi) is 4.41. The van der Waals surface area contributed by atoms with Crippen molar-refractivity contribution in [1.82, 2.24) is 9.97 Å². The average molecular weight is 331 g/mol. The molecule has 0 saturated carbocycles. The number of benzene rings is 1. The van der Waals surface area contributed by atoms with Crippen LogP contribution in [0.25, 0.3) is 21.8 Å². The van der Waals surface area contributed by atoms with Gasteiger partial charge in [0.1, 0.15) is 5.75 Å². The minimum atomic E-state index is 0.160. The number of aromatic nitrogens is 2. The predicted octanol–water partition coefficient (Wildman–Crippen LogP) is 5.31. The number of hydrogen-bond acceptors (Lipinski definition) is 4. The third-order valence-electron chi connectivity index (χ3n) is 3.00. The SMILES string of the molecule is CC(C)Oc1ccc(-c2cc(Cl)cc(-c3cncs3)n2)cc1. The summed E-state index contributed by atoms with van der Waals surface area (Å²) >= 11 is 7.78. The monoisotopic (exact) mass is 330 g/mol. The topological polar surface area (TPSA) is 35.0 Å². The summed E-state index contributed by atoms with van der Waals surface area (Å²) in [6.07, 6.45) is 1.96. The highest BCUT2D eigenvalue weighted by molar-refractivity contribution is 7.13. The van der Waals surface area contributed by atoms with Crippen molar-refractivity contribution in [1.29, 1.82) is 0 Å². The molecule has 0 atom stereocenters. The van der Waals surface area contributed by atoms with Crippen LogP contribution in [0.5, 0.6) is 5.75 Å². The van der Waals surface area contributed by atoms with E-state index >= 15 is 0 Å². The van der Waals surface area contributed by atoms with Crippen LogP contribution in [0.3, 0.4) is 0 Å². The maximum Gasteiger partial charge on any atom is 0.119 e. The van der Waals surface area contributed by atoms with E-state index in [9.17, 15) is 0 Å². The molecule has 0 fully saturated rings. The zero-order valence-electron chi connectivity index (χ0n) is 12.3. The molecule has 0 bridgehead atoms. The second-order valence-corrected chi connectivity index (χ2v) is 6.44. The van der Waals surface area contributed by atoms with Gasteiger partial charge in [0.2, 0.25) is 0 Å². The Labute approximate surface area is 138 Å². The first-order valence-corrected chi connectivity index (χ1v) is 8.21. The van der Waals surface area contributed by atoms with Crippen molar-refractivity contribution in [2.24, 2.45) is 0 Å². The zero-order chi connectivity index (χ0) is 15.5. The molecule has 0 unspecified atom stereocenters. The van der Waals surface area contributed by atoms with Gasteiger partial charge in [-0.15, -0.1) is 11.3 Å². The quantitative estimate of drug-likeness (QED) is 0.650. The zero-order valence-corrected chi connectivity index (χ0v) is 13.9. The first-order valence-electron chi connectivity index (χ1n) is 6.95. The molecular weight excluding hydrogens is 316 g/mol. The molecule has 2 heterocycles. The number of halogens is 1. The van der Waals surface area contributed by atoms with Crippen molar-refractivity contribution in [2.45, 2.75) is 20.0 Å². The van der Waals surface area contributed by atoms with Crippen molar-refractivity contribution >= 4 is 22.9 Å². The minimum Gasteiger partial charge on any atom is -0.491 e. The summed E-state index contributed by atoms with van der Waals surface area (Å²) in [5, 5.41) is 0.663. The van der Waals surface area contributed by atoms with E-state index in [0.717, 1.165) is 27.6 Å². The molecule has 5 heteroatoms. The maximum absolute atomic E-state index is 6.24. The van der Waals surface area contributed by atoms with Crippen LogP contribution < -0.4 is 4.74 Å². The van der Waals surface area contributed by atoms with Crippen LogP contribution in [-0.2, 0) is 0 Å². The van der Waals surface area contributed by atoms with Crippen LogP contribution in [0.15, 0.2) is 48.1 Å². The predicted molar refractivity (Wildman–Crippen MR) is 91.6 cm³/mol. The van der Waals surface area contributed by atoms with Crippen molar-refractivity contribution in [3.8, 4) is 27.6 Å². The van der Waals surface area contributed by atoms with Gasteiger partial charge < -0.3 is 4.74 Å². The van der Waals surface area contributed by atoms with Crippen molar-refractivity contribution in [3.63, 3.8) is 0 Å². The van der Waals surface area contributed by atoms with Crippen molar-refractivity contribution in [2.75, 3.05) is 0 Å². The second-order valence-electron chi connectivity index (χ2n) is 5.11. The fourth-order valence-electron chi connectivity index (χ4n) is 2.09. The molecule has 0 saturated heterocycles. The molecule has 2 aromatic heterocycles. The van der Waals surface area contributed by atoms with E-state index in [4.69, 9.17) is 16.3 Å². The summed E-state index contributed by atoms with van der Waals surface area (Å²) in [5.74, 6) is 0.850. The Bertz CT molecular complexity index is 755. The standard InChI is InChI=1S/C17H15ClN2OS/c1-11(2)21-14-5-3-12(4-6-14)15-7-13(18)8-16(20-15)17-9-19-10-22-17/h3-11H,1-2H3. The molecule has 0 spiro atoms. The summed E-state index contributed by atoms with van der Waals surface area (Å²) in [4.78, 5) is 9.77. The van der Waals surface area contributed by atoms with E-state index in [-0.39, 0.29) is 6.10 Å². The van der Waals surface area contributed by atoms with Gasteiger partial charge in [0, 0.05) is 16.8 Å². The Morgan fingerprint density at radius 1 is 1.09 bits per heavy atom. The normalized spacial score (nSPS) is 10.9. The van der Waals surface area contributed by atoms with Gasteiger partial charge >= 0.3 is 0 Å². The van der Waals surface area contributed by atoms with Crippen LogP contribution in [0.1, 0.15) is 13.8 Å². The number of ether oxygens (including phenoxy) is 1. The number of rotatable bonds is 4. The lowest BCUT2D eigenvalue weighted by Crippen LogP contribution is -2.05. The molecule has 1 aromatic carbocycles. The minimum absolute atomic E-state index is 0.160. The lowest BCUT2D eigenvalue weighted by atomic mass is 10.1. The average Bonchev–Trinajstić information content (AvgIpc) is 3.01. The van der Waals surface area contributed by atoms with E-state index in [1.807, 2.05) is 50.2 Å². The van der Waals surface area contributed by atoms with Crippen molar-refractivity contribution < 1.29 is 4.74 Å². The van der Waals surface area contributed by atoms with E-state index in [0.29, 0.717) is 5.02 Å². The summed E-state index contributed by atoms with van der Waals surface area (Å²) in [6, 6.07) is 11.6. The van der Waals surface area contributed by atoms with E-state index in [1.54, 1.807) is 23.0 Å². The van der Waals surface area contributed by atoms with Gasteiger partial charge in [0.25, 0.3) is 0 Å². The highest BCUT2D eigenvalue weighted by Gasteiger charge is 2.08. The lowest BCUT2D eigenvalue weighted by molar-refractivity contribution is 0.242. The molecule has 0 amide bonds. The highest BCUT2D eigenvalue weighted by Crippen LogP contribution is 2.29. The maximum atomic E-state index is 6.24. The summed E-state index contributed by atoms with van der Waals surface area (Å²) in [6.45, 7) is 4.02. The van der Waals surface area contributed by atoms with Crippen LogP contribution in [0.2, 0.25) is 5.02 Å². The van der Waals surface area contributed by atoms with Crippen LogP contribution in [0.4, 0.5) is 0 Å². The van der Waals surface area contributed by atoms with Gasteiger partial charge in [-0.3, -0.25) is 4.98 Å². The highest BCUT2D eigenvalue weighted by atomic mass is 35.5. The van der Waals surface area contributed by atoms with Gasteiger partial charge in [0.05, 0.1) is 27.9 Å². The third-order valence-corrected chi connectivity index (χ3v) is 4.01. The van der Waals surface area contributed by atoms with Gasteiger partial charge in [-0.2, -0.15) is 0 Å². The Hall–Kier alpha value is -1.91. The second kappa shape index (κ2) is 6.46. The molecule has 0 aliphatic rings. The molecule has 22 heavy (non-hydrogen) atoms. The van der Waals surface area contributed by atoms with Crippen LogP contribution >= 0.6 is 22.9 Å². The molecule has 112 valence electrons. The Morgan fingerprint density at radius 3 is 2.45 bits per heavy atom. The van der Waals surface area contributed by atoms with Crippen LogP contribution in [-0.4, -0.2) is 16.1 Å². The first-order chi connectivity index (χ1) is 10.6. The molecule has 0 N–H and O–H groups in total.